The van der Waals surface area contributed by atoms with Crippen molar-refractivity contribution < 1.29 is 18.0 Å². The van der Waals surface area contributed by atoms with Crippen LogP contribution in [0.25, 0.3) is 11.3 Å². The van der Waals surface area contributed by atoms with Gasteiger partial charge in [-0.2, -0.15) is 18.4 Å². The van der Waals surface area contributed by atoms with E-state index in [0.29, 0.717) is 28.0 Å². The molecule has 0 saturated heterocycles. The quantitative estimate of drug-likeness (QED) is 0.503. The Hall–Kier alpha value is -1.78. The van der Waals surface area contributed by atoms with Gasteiger partial charge in [0, 0.05) is 16.5 Å². The molecule has 0 amide bonds. The average Bonchev–Trinajstić information content (AvgIpc) is 2.95. The number of aromatic nitrogens is 1. The lowest BCUT2D eigenvalue weighted by Gasteiger charge is -2.23. The summed E-state index contributed by atoms with van der Waals surface area (Å²) in [6.07, 6.45) is -1.11. The van der Waals surface area contributed by atoms with E-state index in [1.54, 1.807) is 0 Å². The van der Waals surface area contributed by atoms with Gasteiger partial charge in [-0.05, 0) is 40.9 Å². The van der Waals surface area contributed by atoms with Crippen molar-refractivity contribution in [1.82, 2.24) is 4.57 Å². The van der Waals surface area contributed by atoms with Gasteiger partial charge in [-0.15, -0.1) is 0 Å². The van der Waals surface area contributed by atoms with Gasteiger partial charge >= 0.3 is 6.18 Å². The first-order valence-corrected chi connectivity index (χ1v) is 9.64. The molecule has 142 valence electrons. The van der Waals surface area contributed by atoms with Crippen molar-refractivity contribution in [1.29, 1.82) is 5.26 Å². The predicted molar refractivity (Wildman–Crippen MR) is 99.5 cm³/mol. The zero-order chi connectivity index (χ0) is 19.8. The summed E-state index contributed by atoms with van der Waals surface area (Å²) >= 11 is 8.79. The minimum atomic E-state index is -4.79. The van der Waals surface area contributed by atoms with Gasteiger partial charge in [-0.3, -0.25) is 9.36 Å². The molecule has 8 heteroatoms. The first kappa shape index (κ1) is 20.0. The van der Waals surface area contributed by atoms with E-state index in [1.165, 1.54) is 24.3 Å². The normalized spacial score (nSPS) is 15.6. The second-order valence-electron chi connectivity index (χ2n) is 6.51. The summed E-state index contributed by atoms with van der Waals surface area (Å²) in [7, 11) is 0. The third kappa shape index (κ3) is 3.78. The standard InChI is InChI=1S/C19H15BrClF3N2O/c20-15-14(10-25)16(11-6-8-13(21)9-7-11)26(17(15)19(22,23)24)18(27)12-4-2-1-3-5-12/h6-9,12H,1-5H2. The maximum absolute atomic E-state index is 13.8. The van der Waals surface area contributed by atoms with Crippen molar-refractivity contribution in [3.05, 3.63) is 45.0 Å². The van der Waals surface area contributed by atoms with Crippen molar-refractivity contribution in [2.45, 2.75) is 38.3 Å². The highest BCUT2D eigenvalue weighted by molar-refractivity contribution is 9.10. The fourth-order valence-electron chi connectivity index (χ4n) is 3.53. The molecule has 1 saturated carbocycles. The van der Waals surface area contributed by atoms with E-state index >= 15 is 0 Å². The van der Waals surface area contributed by atoms with Gasteiger partial charge in [-0.1, -0.05) is 43.0 Å². The van der Waals surface area contributed by atoms with Crippen LogP contribution in [0.5, 0.6) is 0 Å². The van der Waals surface area contributed by atoms with Crippen LogP contribution in [0.2, 0.25) is 5.02 Å². The zero-order valence-electron chi connectivity index (χ0n) is 14.1. The fourth-order valence-corrected chi connectivity index (χ4v) is 4.34. The summed E-state index contributed by atoms with van der Waals surface area (Å²) in [5, 5.41) is 9.92. The Balaban J connectivity index is 2.29. The number of hydrogen-bond acceptors (Lipinski definition) is 2. The van der Waals surface area contributed by atoms with Crippen molar-refractivity contribution in [2.24, 2.45) is 5.92 Å². The van der Waals surface area contributed by atoms with Gasteiger partial charge in [0.25, 0.3) is 0 Å². The number of nitrogens with zero attached hydrogens (tertiary/aromatic N) is 2. The number of rotatable bonds is 2. The van der Waals surface area contributed by atoms with E-state index in [2.05, 4.69) is 15.9 Å². The van der Waals surface area contributed by atoms with Crippen LogP contribution in [0.15, 0.2) is 28.7 Å². The maximum Gasteiger partial charge on any atom is 0.433 e. The Bertz CT molecular complexity index is 907. The molecule has 2 aromatic rings. The summed E-state index contributed by atoms with van der Waals surface area (Å²) < 4.78 is 41.7. The Morgan fingerprint density at radius 1 is 1.19 bits per heavy atom. The van der Waals surface area contributed by atoms with Crippen LogP contribution in [-0.4, -0.2) is 10.5 Å². The van der Waals surface area contributed by atoms with Crippen molar-refractivity contribution in [3.8, 4) is 17.3 Å². The van der Waals surface area contributed by atoms with E-state index in [9.17, 15) is 23.2 Å². The van der Waals surface area contributed by atoms with Gasteiger partial charge in [-0.25, -0.2) is 0 Å². The largest absolute Gasteiger partial charge is 0.433 e. The molecule has 1 heterocycles. The minimum absolute atomic E-state index is 0.0519. The van der Waals surface area contributed by atoms with Crippen molar-refractivity contribution >= 4 is 33.4 Å². The lowest BCUT2D eigenvalue weighted by molar-refractivity contribution is -0.143. The monoisotopic (exact) mass is 458 g/mol. The number of halogens is 5. The van der Waals surface area contributed by atoms with Crippen molar-refractivity contribution in [3.63, 3.8) is 0 Å². The van der Waals surface area contributed by atoms with E-state index < -0.39 is 28.2 Å². The number of carbonyl (C=O) groups is 1. The molecule has 0 aliphatic heterocycles. The van der Waals surface area contributed by atoms with Gasteiger partial charge in [0.05, 0.1) is 15.7 Å². The molecular formula is C19H15BrClF3N2O. The topological polar surface area (TPSA) is 45.8 Å². The van der Waals surface area contributed by atoms with E-state index in [-0.39, 0.29) is 11.3 Å². The summed E-state index contributed by atoms with van der Waals surface area (Å²) in [6.45, 7) is 0. The molecule has 0 unspecified atom stereocenters. The molecule has 0 spiro atoms. The molecule has 0 atom stereocenters. The van der Waals surface area contributed by atoms with Gasteiger partial charge in [0.1, 0.15) is 11.8 Å². The molecule has 1 aromatic carbocycles. The second-order valence-corrected chi connectivity index (χ2v) is 7.74. The Labute approximate surface area is 167 Å². The first-order valence-electron chi connectivity index (χ1n) is 8.47. The van der Waals surface area contributed by atoms with Gasteiger partial charge in [0.15, 0.2) is 0 Å². The Morgan fingerprint density at radius 3 is 2.30 bits per heavy atom. The molecule has 3 nitrogen and oxygen atoms in total. The minimum Gasteiger partial charge on any atom is -0.274 e. The summed E-state index contributed by atoms with van der Waals surface area (Å²) in [5.74, 6) is -1.11. The highest BCUT2D eigenvalue weighted by Gasteiger charge is 2.43. The highest BCUT2D eigenvalue weighted by Crippen LogP contribution is 2.44. The lowest BCUT2D eigenvalue weighted by atomic mass is 9.88. The SMILES string of the molecule is N#Cc1c(Br)c(C(F)(F)F)n(C(=O)C2CCCCC2)c1-c1ccc(Cl)cc1. The van der Waals surface area contributed by atoms with Crippen LogP contribution in [0, 0.1) is 17.2 Å². The van der Waals surface area contributed by atoms with E-state index in [0.717, 1.165) is 19.3 Å². The number of hydrogen-bond donors (Lipinski definition) is 0. The third-order valence-corrected chi connectivity index (χ3v) is 5.81. The van der Waals surface area contributed by atoms with Crippen LogP contribution in [0.4, 0.5) is 13.2 Å². The average molecular weight is 460 g/mol. The van der Waals surface area contributed by atoms with Crippen LogP contribution < -0.4 is 0 Å². The molecular weight excluding hydrogens is 445 g/mol. The van der Waals surface area contributed by atoms with Gasteiger partial charge < -0.3 is 0 Å². The molecule has 1 fully saturated rings. The highest BCUT2D eigenvalue weighted by atomic mass is 79.9. The molecule has 3 rings (SSSR count). The smallest absolute Gasteiger partial charge is 0.274 e. The molecule has 0 radical (unpaired) electrons. The fraction of sp³-hybridized carbons (Fsp3) is 0.368. The first-order chi connectivity index (χ1) is 12.8. The lowest BCUT2D eigenvalue weighted by Crippen LogP contribution is -2.28. The summed E-state index contributed by atoms with van der Waals surface area (Å²) in [4.78, 5) is 13.1. The van der Waals surface area contributed by atoms with Crippen molar-refractivity contribution in [2.75, 3.05) is 0 Å². The van der Waals surface area contributed by atoms with E-state index in [4.69, 9.17) is 11.6 Å². The molecule has 1 aliphatic rings. The molecule has 1 aromatic heterocycles. The summed E-state index contributed by atoms with van der Waals surface area (Å²) in [5.41, 5.74) is -1.08. The number of carbonyl (C=O) groups excluding carboxylic acids is 1. The molecule has 1 aliphatic carbocycles. The molecule has 27 heavy (non-hydrogen) atoms. The van der Waals surface area contributed by atoms with Crippen LogP contribution in [-0.2, 0) is 6.18 Å². The Morgan fingerprint density at radius 2 is 1.78 bits per heavy atom. The zero-order valence-corrected chi connectivity index (χ0v) is 16.5. The van der Waals surface area contributed by atoms with Crippen LogP contribution in [0.3, 0.4) is 0 Å². The molecule has 0 N–H and O–H groups in total. The van der Waals surface area contributed by atoms with Crippen LogP contribution in [0.1, 0.15) is 48.2 Å². The third-order valence-electron chi connectivity index (χ3n) is 4.78. The molecule has 0 bridgehead atoms. The predicted octanol–water partition coefficient (Wildman–Crippen LogP) is 6.68. The Kier molecular flexibility index (Phi) is 5.68. The maximum atomic E-state index is 13.8. The van der Waals surface area contributed by atoms with E-state index in [1.807, 2.05) is 6.07 Å². The number of benzene rings is 1. The van der Waals surface area contributed by atoms with Gasteiger partial charge in [0.2, 0.25) is 5.91 Å². The number of alkyl halides is 3. The summed E-state index contributed by atoms with van der Waals surface area (Å²) in [6, 6.07) is 7.87. The second kappa shape index (κ2) is 7.69. The van der Waals surface area contributed by atoms with Crippen LogP contribution >= 0.6 is 27.5 Å². The number of nitriles is 1.